The van der Waals surface area contributed by atoms with E-state index in [4.69, 9.17) is 10.5 Å². The molecule has 2 aromatic carbocycles. The molecule has 0 unspecified atom stereocenters. The van der Waals surface area contributed by atoms with Crippen molar-refractivity contribution in [3.8, 4) is 16.9 Å². The number of hydrogen-bond donors (Lipinski definition) is 2. The maximum Gasteiger partial charge on any atom is 0.248 e. The molecule has 0 bridgehead atoms. The average molecular weight is 627 g/mol. The minimum Gasteiger partial charge on any atom is -0.497 e. The second-order valence-electron chi connectivity index (χ2n) is 10.9. The van der Waals surface area contributed by atoms with Crippen LogP contribution < -0.4 is 15.8 Å². The van der Waals surface area contributed by atoms with E-state index in [-0.39, 0.29) is 24.4 Å². The third kappa shape index (κ3) is 4.44. The zero-order valence-corrected chi connectivity index (χ0v) is 24.6. The molecule has 5 aromatic rings. The number of halogens is 1. The van der Waals surface area contributed by atoms with Crippen molar-refractivity contribution in [2.75, 3.05) is 18.2 Å². The molecule has 3 N–H and O–H groups in total. The second kappa shape index (κ2) is 10.1. The van der Waals surface area contributed by atoms with Gasteiger partial charge in [-0.2, -0.15) is 0 Å². The number of anilines is 2. The van der Waals surface area contributed by atoms with Crippen LogP contribution in [0.1, 0.15) is 18.4 Å². The van der Waals surface area contributed by atoms with E-state index in [0.29, 0.717) is 39.6 Å². The first-order valence-corrected chi connectivity index (χ1v) is 14.5. The Labute approximate surface area is 250 Å². The highest BCUT2D eigenvalue weighted by molar-refractivity contribution is 9.10. The van der Waals surface area contributed by atoms with E-state index in [1.807, 2.05) is 35.8 Å². The zero-order chi connectivity index (χ0) is 29.1. The number of nitrogens with one attached hydrogen (secondary N) is 1. The number of pyridine rings is 1. The van der Waals surface area contributed by atoms with Gasteiger partial charge < -0.3 is 25.3 Å². The summed E-state index contributed by atoms with van der Waals surface area (Å²) in [5.74, 6) is 1.53. The highest BCUT2D eigenvalue weighted by atomic mass is 79.9. The van der Waals surface area contributed by atoms with Crippen molar-refractivity contribution in [2.24, 2.45) is 5.92 Å². The van der Waals surface area contributed by atoms with Crippen LogP contribution in [0.15, 0.2) is 65.5 Å². The van der Waals surface area contributed by atoms with Gasteiger partial charge >= 0.3 is 0 Å². The van der Waals surface area contributed by atoms with Crippen LogP contribution in [0.25, 0.3) is 33.1 Å². The van der Waals surface area contributed by atoms with Gasteiger partial charge in [0.05, 0.1) is 18.0 Å². The number of likely N-dealkylation sites (tertiary alicyclic amines) is 1. The fourth-order valence-corrected chi connectivity index (χ4v) is 6.71. The highest BCUT2D eigenvalue weighted by Gasteiger charge is 2.56. The molecule has 1 saturated heterocycles. The summed E-state index contributed by atoms with van der Waals surface area (Å²) in [5.41, 5.74) is 10.8. The molecule has 2 aliphatic rings. The van der Waals surface area contributed by atoms with Crippen LogP contribution in [0, 0.1) is 12.8 Å². The third-order valence-electron chi connectivity index (χ3n) is 8.31. The zero-order valence-electron chi connectivity index (χ0n) is 23.0. The lowest BCUT2D eigenvalue weighted by atomic mass is 10.00. The van der Waals surface area contributed by atoms with Crippen LogP contribution in [0.3, 0.4) is 0 Å². The number of aromatic nitrogens is 4. The summed E-state index contributed by atoms with van der Waals surface area (Å²) in [5, 5.41) is 4.46. The van der Waals surface area contributed by atoms with E-state index >= 15 is 0 Å². The fraction of sp³-hybridized carbons (Fsp3) is 0.258. The SMILES string of the molecule is COc1cccc(-c2cc(C)c3c(c2)c2c(N)ncnc2n3CC(=O)N2[C@@H]3C[C@@H]3C[C@H]2C(=O)Nc2cccc(Br)n2)c1. The number of carbonyl (C=O) groups is 2. The second-order valence-corrected chi connectivity index (χ2v) is 11.7. The van der Waals surface area contributed by atoms with Crippen molar-refractivity contribution in [3.63, 3.8) is 0 Å². The van der Waals surface area contributed by atoms with Gasteiger partial charge in [0.15, 0.2) is 0 Å². The minimum atomic E-state index is -0.560. The summed E-state index contributed by atoms with van der Waals surface area (Å²) >= 11 is 3.34. The smallest absolute Gasteiger partial charge is 0.248 e. The Kier molecular flexibility index (Phi) is 6.34. The van der Waals surface area contributed by atoms with Crippen molar-refractivity contribution >= 4 is 61.3 Å². The number of nitrogens with two attached hydrogens (primary N) is 1. The van der Waals surface area contributed by atoms with Crippen LogP contribution in [-0.4, -0.2) is 55.4 Å². The molecule has 212 valence electrons. The number of benzene rings is 2. The number of fused-ring (bicyclic) bond motifs is 4. The molecule has 1 aliphatic heterocycles. The van der Waals surface area contributed by atoms with Crippen LogP contribution in [-0.2, 0) is 16.1 Å². The van der Waals surface area contributed by atoms with E-state index < -0.39 is 6.04 Å². The number of aryl methyl sites for hydroxylation is 1. The summed E-state index contributed by atoms with van der Waals surface area (Å²) in [6, 6.07) is 16.9. The molecule has 10 nitrogen and oxygen atoms in total. The van der Waals surface area contributed by atoms with Gasteiger partial charge in [0.2, 0.25) is 11.8 Å². The van der Waals surface area contributed by atoms with Gasteiger partial charge in [-0.3, -0.25) is 9.59 Å². The van der Waals surface area contributed by atoms with Gasteiger partial charge in [0, 0.05) is 11.4 Å². The lowest BCUT2D eigenvalue weighted by Crippen LogP contribution is -2.46. The Morgan fingerprint density at radius 1 is 1.10 bits per heavy atom. The molecule has 4 heterocycles. The van der Waals surface area contributed by atoms with Gasteiger partial charge in [0.25, 0.3) is 0 Å². The number of ether oxygens (including phenoxy) is 1. The molecule has 7 rings (SSSR count). The highest BCUT2D eigenvalue weighted by Crippen LogP contribution is 2.48. The molecule has 3 aromatic heterocycles. The number of carbonyl (C=O) groups excluding carboxylic acids is 2. The van der Waals surface area contributed by atoms with Crippen molar-refractivity contribution in [2.45, 2.75) is 38.4 Å². The monoisotopic (exact) mass is 625 g/mol. The van der Waals surface area contributed by atoms with Crippen molar-refractivity contribution in [1.29, 1.82) is 0 Å². The minimum absolute atomic E-state index is 0.0257. The first-order chi connectivity index (χ1) is 20.3. The normalized spacial score (nSPS) is 19.2. The van der Waals surface area contributed by atoms with Gasteiger partial charge in [-0.25, -0.2) is 15.0 Å². The molecule has 11 heteroatoms. The largest absolute Gasteiger partial charge is 0.497 e. The molecule has 2 fully saturated rings. The molecular weight excluding hydrogens is 598 g/mol. The summed E-state index contributed by atoms with van der Waals surface area (Å²) in [6.45, 7) is 2.04. The van der Waals surface area contributed by atoms with Gasteiger partial charge in [-0.15, -0.1) is 0 Å². The number of methoxy groups -OCH3 is 1. The summed E-state index contributed by atoms with van der Waals surface area (Å²) in [6.07, 6.45) is 2.97. The van der Waals surface area contributed by atoms with Crippen LogP contribution in [0.2, 0.25) is 0 Å². The van der Waals surface area contributed by atoms with Crippen molar-refractivity contribution in [3.05, 3.63) is 71.1 Å². The van der Waals surface area contributed by atoms with Crippen molar-refractivity contribution in [1.82, 2.24) is 24.4 Å². The Bertz CT molecular complexity index is 1910. The van der Waals surface area contributed by atoms with Gasteiger partial charge in [0.1, 0.15) is 46.5 Å². The number of nitrogens with zero attached hydrogens (tertiary/aromatic N) is 5. The molecular formula is C31H28BrN7O3. The van der Waals surface area contributed by atoms with Crippen LogP contribution in [0.4, 0.5) is 11.6 Å². The Morgan fingerprint density at radius 3 is 2.74 bits per heavy atom. The number of piperidine rings is 1. The van der Waals surface area contributed by atoms with E-state index in [1.54, 1.807) is 30.2 Å². The number of nitrogen functional groups attached to an aromatic ring is 1. The maximum absolute atomic E-state index is 14.0. The molecule has 1 saturated carbocycles. The van der Waals surface area contributed by atoms with E-state index in [2.05, 4.69) is 48.3 Å². The fourth-order valence-electron chi connectivity index (χ4n) is 6.36. The summed E-state index contributed by atoms with van der Waals surface area (Å²) < 4.78 is 7.97. The first kappa shape index (κ1) is 26.4. The summed E-state index contributed by atoms with van der Waals surface area (Å²) in [7, 11) is 1.65. The van der Waals surface area contributed by atoms with Gasteiger partial charge in [-0.05, 0) is 94.7 Å². The Balaban J connectivity index is 1.26. The number of amides is 2. The lowest BCUT2D eigenvalue weighted by molar-refractivity contribution is -0.138. The lowest BCUT2D eigenvalue weighted by Gasteiger charge is -2.27. The number of hydrogen-bond acceptors (Lipinski definition) is 7. The van der Waals surface area contributed by atoms with E-state index in [0.717, 1.165) is 39.8 Å². The third-order valence-corrected chi connectivity index (χ3v) is 8.75. The topological polar surface area (TPSA) is 128 Å². The Hall–Kier alpha value is -4.51. The molecule has 2 amide bonds. The molecule has 0 spiro atoms. The average Bonchev–Trinajstić information content (AvgIpc) is 3.51. The molecule has 1 aliphatic carbocycles. The predicted octanol–water partition coefficient (Wildman–Crippen LogP) is 4.94. The first-order valence-electron chi connectivity index (χ1n) is 13.7. The van der Waals surface area contributed by atoms with Crippen LogP contribution >= 0.6 is 15.9 Å². The van der Waals surface area contributed by atoms with E-state index in [9.17, 15) is 9.59 Å². The predicted molar refractivity (Wildman–Crippen MR) is 164 cm³/mol. The standard InChI is InChI=1S/C31H28BrN7O3/c1-16-9-18(17-5-3-6-20(10-17)42-2)11-21-27-29(33)34-15-35-30(27)38(28(16)21)14-26(40)39-22-12-19(22)13-23(39)31(41)37-25-8-4-7-24(32)36-25/h3-11,15,19,22-23H,12-14H2,1-2H3,(H2,33,34,35)(H,36,37,41)/t19-,22-,23+/m1/s1. The summed E-state index contributed by atoms with van der Waals surface area (Å²) in [4.78, 5) is 42.3. The Morgan fingerprint density at radius 2 is 1.93 bits per heavy atom. The quantitative estimate of drug-likeness (QED) is 0.256. The van der Waals surface area contributed by atoms with Gasteiger partial charge in [-0.1, -0.05) is 18.2 Å². The molecule has 3 atom stereocenters. The van der Waals surface area contributed by atoms with Crippen molar-refractivity contribution < 1.29 is 14.3 Å². The molecule has 0 radical (unpaired) electrons. The van der Waals surface area contributed by atoms with E-state index in [1.165, 1.54) is 6.33 Å². The van der Waals surface area contributed by atoms with Crippen LogP contribution in [0.5, 0.6) is 5.75 Å². The number of rotatable bonds is 6. The molecule has 42 heavy (non-hydrogen) atoms. The maximum atomic E-state index is 14.0.